The molecule has 19 heavy (non-hydrogen) atoms. The molecule has 1 aromatic rings. The van der Waals surface area contributed by atoms with E-state index in [1.807, 2.05) is 36.4 Å². The highest BCUT2D eigenvalue weighted by Gasteiger charge is 2.14. The molecule has 1 aliphatic heterocycles. The van der Waals surface area contributed by atoms with Gasteiger partial charge in [0.15, 0.2) is 0 Å². The third-order valence-electron chi connectivity index (χ3n) is 2.51. The molecule has 1 heterocycles. The number of nitrogens with one attached hydrogen (secondary N) is 2. The number of aliphatic imine (C=N–C) groups is 1. The maximum absolute atomic E-state index is 11.9. The normalized spacial score (nSPS) is 15.3. The van der Waals surface area contributed by atoms with Crippen molar-refractivity contribution < 1.29 is 4.79 Å². The maximum atomic E-state index is 11.9. The number of allylic oxidation sites excluding steroid dienone is 1. The summed E-state index contributed by atoms with van der Waals surface area (Å²) >= 11 is 0. The molecule has 0 saturated carbocycles. The van der Waals surface area contributed by atoms with Gasteiger partial charge < -0.3 is 10.6 Å². The second kappa shape index (κ2) is 6.17. The van der Waals surface area contributed by atoms with Crippen molar-refractivity contribution in [1.82, 2.24) is 10.6 Å². The Morgan fingerprint density at radius 1 is 1.37 bits per heavy atom. The van der Waals surface area contributed by atoms with Crippen LogP contribution in [0.1, 0.15) is 5.56 Å². The van der Waals surface area contributed by atoms with Crippen molar-refractivity contribution in [1.29, 1.82) is 5.26 Å². The summed E-state index contributed by atoms with van der Waals surface area (Å²) in [7, 11) is 0. The average Bonchev–Trinajstić information content (AvgIpc) is 2.48. The molecule has 0 bridgehead atoms. The highest BCUT2D eigenvalue weighted by atomic mass is 16.1. The van der Waals surface area contributed by atoms with Gasteiger partial charge in [-0.15, -0.1) is 0 Å². The van der Waals surface area contributed by atoms with Crippen molar-refractivity contribution in [2.45, 2.75) is 6.54 Å². The third-order valence-corrected chi connectivity index (χ3v) is 2.51. The molecule has 2 N–H and O–H groups in total. The van der Waals surface area contributed by atoms with Crippen LogP contribution in [-0.4, -0.2) is 12.1 Å². The van der Waals surface area contributed by atoms with Gasteiger partial charge in [0.1, 0.15) is 11.6 Å². The van der Waals surface area contributed by atoms with E-state index < -0.39 is 5.91 Å². The molecule has 2 rings (SSSR count). The predicted octanol–water partition coefficient (Wildman–Crippen LogP) is 1.23. The molecular weight excluding hydrogens is 240 g/mol. The highest BCUT2D eigenvalue weighted by Crippen LogP contribution is 2.04. The Morgan fingerprint density at radius 3 is 2.79 bits per heavy atom. The number of carbonyl (C=O) groups is 1. The molecule has 0 saturated heterocycles. The molecule has 94 valence electrons. The summed E-state index contributed by atoms with van der Waals surface area (Å²) in [5.41, 5.74) is 1.39. The van der Waals surface area contributed by atoms with Crippen LogP contribution in [-0.2, 0) is 11.3 Å². The molecule has 1 amide bonds. The van der Waals surface area contributed by atoms with Gasteiger partial charge in [-0.25, -0.2) is 0 Å². The summed E-state index contributed by atoms with van der Waals surface area (Å²) in [4.78, 5) is 15.8. The number of amides is 1. The lowest BCUT2D eigenvalue weighted by Crippen LogP contribution is -2.27. The first-order chi connectivity index (χ1) is 9.31. The fraction of sp³-hybridized carbons (Fsp3) is 0.0714. The van der Waals surface area contributed by atoms with E-state index in [2.05, 4.69) is 15.6 Å². The largest absolute Gasteiger partial charge is 0.358 e. The average molecular weight is 252 g/mol. The quantitative estimate of drug-likeness (QED) is 0.627. The van der Waals surface area contributed by atoms with Crippen molar-refractivity contribution in [3.8, 4) is 6.07 Å². The summed E-state index contributed by atoms with van der Waals surface area (Å²) in [6.45, 7) is 0.380. The summed E-state index contributed by atoms with van der Waals surface area (Å²) in [5, 5.41) is 14.6. The molecule has 5 heteroatoms. The molecule has 5 nitrogen and oxygen atoms in total. The van der Waals surface area contributed by atoms with Crippen LogP contribution in [0.4, 0.5) is 0 Å². The van der Waals surface area contributed by atoms with Crippen molar-refractivity contribution in [2.24, 2.45) is 4.99 Å². The van der Waals surface area contributed by atoms with Gasteiger partial charge in [-0.3, -0.25) is 9.79 Å². The minimum absolute atomic E-state index is 0.0176. The second-order valence-electron chi connectivity index (χ2n) is 3.81. The van der Waals surface area contributed by atoms with Crippen LogP contribution in [0.25, 0.3) is 0 Å². The van der Waals surface area contributed by atoms with E-state index in [4.69, 9.17) is 5.26 Å². The van der Waals surface area contributed by atoms with E-state index in [0.717, 1.165) is 5.56 Å². The number of benzene rings is 1. The maximum Gasteiger partial charge on any atom is 0.264 e. The Balaban J connectivity index is 2.05. The van der Waals surface area contributed by atoms with E-state index in [0.29, 0.717) is 12.2 Å². The van der Waals surface area contributed by atoms with Crippen LogP contribution in [0.2, 0.25) is 0 Å². The fourth-order valence-electron chi connectivity index (χ4n) is 1.56. The van der Waals surface area contributed by atoms with Crippen molar-refractivity contribution in [2.75, 3.05) is 0 Å². The second-order valence-corrected chi connectivity index (χ2v) is 3.81. The van der Waals surface area contributed by atoms with Gasteiger partial charge in [-0.05, 0) is 5.56 Å². The van der Waals surface area contributed by atoms with Crippen LogP contribution in [0.3, 0.4) is 0 Å². The lowest BCUT2D eigenvalue weighted by atomic mass is 10.2. The van der Waals surface area contributed by atoms with E-state index in [1.54, 1.807) is 12.4 Å². The summed E-state index contributed by atoms with van der Waals surface area (Å²) in [6, 6.07) is 11.4. The monoisotopic (exact) mass is 252 g/mol. The minimum atomic E-state index is -0.421. The van der Waals surface area contributed by atoms with E-state index in [1.165, 1.54) is 6.21 Å². The molecule has 0 unspecified atom stereocenters. The highest BCUT2D eigenvalue weighted by molar-refractivity contribution is 6.03. The molecule has 0 fully saturated rings. The summed E-state index contributed by atoms with van der Waals surface area (Å²) < 4.78 is 0. The minimum Gasteiger partial charge on any atom is -0.358 e. The molecule has 0 spiro atoms. The number of hydrogen-bond donors (Lipinski definition) is 2. The lowest BCUT2D eigenvalue weighted by Gasteiger charge is -2.09. The molecule has 0 aromatic heterocycles. The Morgan fingerprint density at radius 2 is 2.16 bits per heavy atom. The van der Waals surface area contributed by atoms with Gasteiger partial charge >= 0.3 is 0 Å². The zero-order valence-electron chi connectivity index (χ0n) is 10.1. The third kappa shape index (κ3) is 3.30. The zero-order chi connectivity index (χ0) is 13.5. The fourth-order valence-corrected chi connectivity index (χ4v) is 1.56. The molecule has 0 radical (unpaired) electrons. The molecule has 1 aliphatic rings. The number of nitrogens with zero attached hydrogens (tertiary/aromatic N) is 2. The van der Waals surface area contributed by atoms with Gasteiger partial charge in [-0.1, -0.05) is 30.3 Å². The van der Waals surface area contributed by atoms with Crippen molar-refractivity contribution >= 4 is 12.1 Å². The van der Waals surface area contributed by atoms with E-state index in [9.17, 15) is 4.79 Å². The summed E-state index contributed by atoms with van der Waals surface area (Å²) in [6.07, 6.45) is 4.55. The number of nitriles is 1. The van der Waals surface area contributed by atoms with Crippen molar-refractivity contribution in [3.63, 3.8) is 0 Å². The lowest BCUT2D eigenvalue weighted by molar-refractivity contribution is -0.117. The Bertz CT molecular complexity index is 594. The van der Waals surface area contributed by atoms with Crippen LogP contribution in [0.15, 0.2) is 59.0 Å². The van der Waals surface area contributed by atoms with Gasteiger partial charge in [0, 0.05) is 18.9 Å². The smallest absolute Gasteiger partial charge is 0.264 e. The van der Waals surface area contributed by atoms with Crippen LogP contribution in [0.5, 0.6) is 0 Å². The first-order valence-electron chi connectivity index (χ1n) is 5.72. The topological polar surface area (TPSA) is 77.3 Å². The first kappa shape index (κ1) is 12.6. The molecule has 0 atom stereocenters. The number of hydrogen-bond acceptors (Lipinski definition) is 4. The van der Waals surface area contributed by atoms with Gasteiger partial charge in [0.25, 0.3) is 5.91 Å². The number of carbonyl (C=O) groups excluding carboxylic acids is 1. The molecule has 1 aromatic carbocycles. The van der Waals surface area contributed by atoms with Gasteiger partial charge in [-0.2, -0.15) is 5.26 Å². The van der Waals surface area contributed by atoms with Crippen LogP contribution >= 0.6 is 0 Å². The van der Waals surface area contributed by atoms with E-state index in [-0.39, 0.29) is 5.57 Å². The standard InChI is InChI=1S/C14H12N4O/c15-8-12(13-10-16-6-7-17-13)14(19)18-9-11-4-2-1-3-5-11/h1-7,10,17H,9H2,(H,18,19)/b13-12+. The molecule has 0 aliphatic carbocycles. The molecular formula is C14H12N4O. The zero-order valence-corrected chi connectivity index (χ0v) is 10.1. The Kier molecular flexibility index (Phi) is 4.09. The van der Waals surface area contributed by atoms with Gasteiger partial charge in [0.2, 0.25) is 0 Å². The van der Waals surface area contributed by atoms with E-state index >= 15 is 0 Å². The Hall–Kier alpha value is -2.87. The summed E-state index contributed by atoms with van der Waals surface area (Å²) in [5.74, 6) is -0.421. The predicted molar refractivity (Wildman–Crippen MR) is 71.7 cm³/mol. The number of rotatable bonds is 3. The van der Waals surface area contributed by atoms with Crippen molar-refractivity contribution in [3.05, 3.63) is 59.6 Å². The SMILES string of the molecule is N#C/C(C(=O)NCc1ccccc1)=C1/C=NC=CN1. The Labute approximate surface area is 111 Å². The first-order valence-corrected chi connectivity index (χ1v) is 5.72. The van der Waals surface area contributed by atoms with Crippen LogP contribution < -0.4 is 10.6 Å². The van der Waals surface area contributed by atoms with Gasteiger partial charge in [0.05, 0.1) is 11.9 Å². The van der Waals surface area contributed by atoms with Crippen LogP contribution in [0, 0.1) is 11.3 Å².